The number of para-hydroxylation sites is 2. The topological polar surface area (TPSA) is 52.7 Å². The van der Waals surface area contributed by atoms with E-state index in [1.54, 1.807) is 6.92 Å². The van der Waals surface area contributed by atoms with Gasteiger partial charge in [0.25, 0.3) is 0 Å². The minimum absolute atomic E-state index is 0.121. The van der Waals surface area contributed by atoms with Crippen molar-refractivity contribution >= 4 is 40.3 Å². The fourth-order valence-corrected chi connectivity index (χ4v) is 3.29. The Kier molecular flexibility index (Phi) is 6.93. The summed E-state index contributed by atoms with van der Waals surface area (Å²) < 4.78 is 0. The largest absolute Gasteiger partial charge is 0.366 e. The molecule has 1 aromatic carbocycles. The number of piperazine rings is 1. The summed E-state index contributed by atoms with van der Waals surface area (Å²) in [5.41, 5.74) is 1.98. The molecule has 1 amide bonds. The number of amides is 1. The van der Waals surface area contributed by atoms with Gasteiger partial charge in [0.15, 0.2) is 0 Å². The van der Waals surface area contributed by atoms with Crippen LogP contribution in [0.2, 0.25) is 0 Å². The molecule has 0 spiro atoms. The molecule has 2 rings (SSSR count). The Labute approximate surface area is 155 Å². The molecular weight excluding hydrogens is 334 g/mol. The highest BCUT2D eigenvalue weighted by Crippen LogP contribution is 2.27. The predicted octanol–water partition coefficient (Wildman–Crippen LogP) is 3.10. The fourth-order valence-electron chi connectivity index (χ4n) is 3.02. The molecule has 1 N–H and O–H groups in total. The van der Waals surface area contributed by atoms with Crippen LogP contribution in [0, 0.1) is 5.92 Å². The van der Waals surface area contributed by atoms with Crippen molar-refractivity contribution in [3.8, 4) is 0 Å². The van der Waals surface area contributed by atoms with E-state index in [9.17, 15) is 9.59 Å². The highest BCUT2D eigenvalue weighted by Gasteiger charge is 2.20. The Balaban J connectivity index is 2.00. The number of hydrogen-bond acceptors (Lipinski definition) is 4. The molecule has 0 bridgehead atoms. The van der Waals surface area contributed by atoms with Gasteiger partial charge in [0.2, 0.25) is 5.91 Å². The highest BCUT2D eigenvalue weighted by molar-refractivity contribution is 7.80. The monoisotopic (exact) mass is 361 g/mol. The van der Waals surface area contributed by atoms with Gasteiger partial charge in [-0.05, 0) is 18.1 Å². The maximum Gasteiger partial charge on any atom is 0.219 e. The van der Waals surface area contributed by atoms with Crippen LogP contribution in [-0.4, -0.2) is 47.8 Å². The van der Waals surface area contributed by atoms with Crippen LogP contribution in [0.25, 0.3) is 0 Å². The second kappa shape index (κ2) is 8.94. The van der Waals surface area contributed by atoms with Gasteiger partial charge in [-0.15, -0.1) is 0 Å². The molecule has 1 saturated heterocycles. The molecule has 5 nitrogen and oxygen atoms in total. The molecule has 0 radical (unpaired) electrons. The number of ketones is 1. The summed E-state index contributed by atoms with van der Waals surface area (Å²) in [5, 5.41) is 3.23. The molecule has 0 saturated carbocycles. The number of nitrogens with one attached hydrogen (secondary N) is 1. The molecule has 0 aromatic heterocycles. The number of benzene rings is 1. The zero-order valence-electron chi connectivity index (χ0n) is 15.2. The molecule has 25 heavy (non-hydrogen) atoms. The van der Waals surface area contributed by atoms with E-state index >= 15 is 0 Å². The second-order valence-electron chi connectivity index (χ2n) is 6.87. The summed E-state index contributed by atoms with van der Waals surface area (Å²) in [6.07, 6.45) is 0.830. The third-order valence-corrected chi connectivity index (χ3v) is 4.48. The molecule has 0 unspecified atom stereocenters. The average Bonchev–Trinajstić information content (AvgIpc) is 2.54. The summed E-state index contributed by atoms with van der Waals surface area (Å²) in [6, 6.07) is 7.97. The molecule has 1 heterocycles. The van der Waals surface area contributed by atoms with Gasteiger partial charge in [-0.3, -0.25) is 9.59 Å². The van der Waals surface area contributed by atoms with Crippen LogP contribution in [-0.2, 0) is 9.59 Å². The van der Waals surface area contributed by atoms with E-state index in [0.29, 0.717) is 17.3 Å². The molecule has 1 aliphatic rings. The molecule has 0 aliphatic carbocycles. The Morgan fingerprint density at radius 2 is 1.80 bits per heavy atom. The molecule has 1 fully saturated rings. The van der Waals surface area contributed by atoms with Crippen molar-refractivity contribution in [3.05, 3.63) is 24.3 Å². The first-order valence-corrected chi connectivity index (χ1v) is 9.18. The highest BCUT2D eigenvalue weighted by atomic mass is 32.1. The summed E-state index contributed by atoms with van der Waals surface area (Å²) >= 11 is 5.38. The van der Waals surface area contributed by atoms with Gasteiger partial charge in [-0.25, -0.2) is 0 Å². The van der Waals surface area contributed by atoms with E-state index in [2.05, 4.69) is 10.2 Å². The van der Waals surface area contributed by atoms with Crippen molar-refractivity contribution in [1.29, 1.82) is 0 Å². The Bertz CT molecular complexity index is 637. The first kappa shape index (κ1) is 19.4. The van der Waals surface area contributed by atoms with Crippen LogP contribution in [0.15, 0.2) is 24.3 Å². The van der Waals surface area contributed by atoms with Crippen LogP contribution in [0.1, 0.15) is 33.6 Å². The SMILES string of the molecule is CC(=O)N1CCN(c2ccccc2NC(=S)CC(=O)CC(C)C)CC1. The van der Waals surface area contributed by atoms with E-state index < -0.39 is 0 Å². The van der Waals surface area contributed by atoms with Crippen molar-refractivity contribution in [3.63, 3.8) is 0 Å². The zero-order valence-corrected chi connectivity index (χ0v) is 16.1. The van der Waals surface area contributed by atoms with E-state index in [1.807, 2.05) is 43.0 Å². The van der Waals surface area contributed by atoms with E-state index in [4.69, 9.17) is 12.2 Å². The molecular formula is C19H27N3O2S. The van der Waals surface area contributed by atoms with E-state index in [-0.39, 0.29) is 18.1 Å². The lowest BCUT2D eigenvalue weighted by Crippen LogP contribution is -2.48. The maximum atomic E-state index is 12.0. The number of Topliss-reactive ketones (excluding diaryl/α,β-unsaturated/α-hetero) is 1. The minimum Gasteiger partial charge on any atom is -0.366 e. The quantitative estimate of drug-likeness (QED) is 0.789. The number of thiocarbonyl (C=S) groups is 1. The molecule has 1 aromatic rings. The number of carbonyl (C=O) groups excluding carboxylic acids is 2. The molecule has 6 heteroatoms. The number of anilines is 2. The van der Waals surface area contributed by atoms with Crippen LogP contribution in [0.3, 0.4) is 0 Å². The minimum atomic E-state index is 0.121. The number of rotatable bonds is 6. The summed E-state index contributed by atoms with van der Waals surface area (Å²) in [6.45, 7) is 8.70. The van der Waals surface area contributed by atoms with Crippen LogP contribution < -0.4 is 10.2 Å². The lowest BCUT2D eigenvalue weighted by molar-refractivity contribution is -0.129. The number of carbonyl (C=O) groups is 2. The van der Waals surface area contributed by atoms with E-state index in [0.717, 1.165) is 37.6 Å². The normalized spacial score (nSPS) is 14.6. The van der Waals surface area contributed by atoms with Gasteiger partial charge in [0, 0.05) is 39.5 Å². The average molecular weight is 362 g/mol. The van der Waals surface area contributed by atoms with Gasteiger partial charge >= 0.3 is 0 Å². The van der Waals surface area contributed by atoms with E-state index in [1.165, 1.54) is 0 Å². The van der Waals surface area contributed by atoms with Crippen molar-refractivity contribution in [1.82, 2.24) is 4.90 Å². The van der Waals surface area contributed by atoms with Gasteiger partial charge < -0.3 is 15.1 Å². The van der Waals surface area contributed by atoms with Crippen LogP contribution in [0.4, 0.5) is 11.4 Å². The van der Waals surface area contributed by atoms with Crippen molar-refractivity contribution in [2.24, 2.45) is 5.92 Å². The molecule has 0 atom stereocenters. The van der Waals surface area contributed by atoms with Gasteiger partial charge in [0.1, 0.15) is 5.78 Å². The maximum absolute atomic E-state index is 12.0. The first-order valence-electron chi connectivity index (χ1n) is 8.78. The van der Waals surface area contributed by atoms with Gasteiger partial charge in [0.05, 0.1) is 22.8 Å². The standard InChI is InChI=1S/C19H27N3O2S/c1-14(2)12-16(24)13-19(25)20-17-6-4-5-7-18(17)22-10-8-21(9-11-22)15(3)23/h4-7,14H,8-13H2,1-3H3,(H,20,25). The lowest BCUT2D eigenvalue weighted by atomic mass is 10.1. The summed E-state index contributed by atoms with van der Waals surface area (Å²) in [4.78, 5) is 28.1. The third-order valence-electron chi connectivity index (χ3n) is 4.24. The van der Waals surface area contributed by atoms with Crippen molar-refractivity contribution < 1.29 is 9.59 Å². The summed E-state index contributed by atoms with van der Waals surface area (Å²) in [7, 11) is 0. The fraction of sp³-hybridized carbons (Fsp3) is 0.526. The number of nitrogens with zero attached hydrogens (tertiary/aromatic N) is 2. The first-order chi connectivity index (χ1) is 11.9. The number of hydrogen-bond donors (Lipinski definition) is 1. The van der Waals surface area contributed by atoms with Crippen LogP contribution in [0.5, 0.6) is 0 Å². The predicted molar refractivity (Wildman–Crippen MR) is 106 cm³/mol. The van der Waals surface area contributed by atoms with Crippen molar-refractivity contribution in [2.75, 3.05) is 36.4 Å². The molecule has 1 aliphatic heterocycles. The summed E-state index contributed by atoms with van der Waals surface area (Å²) in [5.74, 6) is 0.635. The second-order valence-corrected chi connectivity index (χ2v) is 7.36. The zero-order chi connectivity index (χ0) is 18.4. The smallest absolute Gasteiger partial charge is 0.219 e. The van der Waals surface area contributed by atoms with Gasteiger partial charge in [-0.2, -0.15) is 0 Å². The Morgan fingerprint density at radius 1 is 1.16 bits per heavy atom. The van der Waals surface area contributed by atoms with Gasteiger partial charge in [-0.1, -0.05) is 38.2 Å². The Morgan fingerprint density at radius 3 is 2.40 bits per heavy atom. The third kappa shape index (κ3) is 5.81. The van der Waals surface area contributed by atoms with Crippen molar-refractivity contribution in [2.45, 2.75) is 33.6 Å². The lowest BCUT2D eigenvalue weighted by Gasteiger charge is -2.36. The van der Waals surface area contributed by atoms with Crippen LogP contribution >= 0.6 is 12.2 Å². The molecule has 136 valence electrons. The Hall–Kier alpha value is -1.95.